The summed E-state index contributed by atoms with van der Waals surface area (Å²) in [6, 6.07) is 10.8. The summed E-state index contributed by atoms with van der Waals surface area (Å²) < 4.78 is 40.3. The first-order valence-corrected chi connectivity index (χ1v) is 12.0. The van der Waals surface area contributed by atoms with Gasteiger partial charge in [0, 0.05) is 42.8 Å². The van der Waals surface area contributed by atoms with E-state index in [0.717, 1.165) is 22.4 Å². The fourth-order valence-corrected chi connectivity index (χ4v) is 5.57. The molecule has 2 N–H and O–H groups in total. The Morgan fingerprint density at radius 2 is 1.94 bits per heavy atom. The number of fused-ring (bicyclic) bond motifs is 1. The van der Waals surface area contributed by atoms with Crippen LogP contribution in [0.5, 0.6) is 5.75 Å². The van der Waals surface area contributed by atoms with Gasteiger partial charge in [-0.05, 0) is 49.9 Å². The van der Waals surface area contributed by atoms with Crippen LogP contribution >= 0.6 is 0 Å². The van der Waals surface area contributed by atoms with E-state index in [9.17, 15) is 13.2 Å². The molecule has 2 aromatic carbocycles. The molecule has 1 fully saturated rings. The molecule has 4 rings (SSSR count). The van der Waals surface area contributed by atoms with E-state index in [-0.39, 0.29) is 17.3 Å². The fourth-order valence-electron chi connectivity index (χ4n) is 4.41. The number of nitrogens with one attached hydrogen (secondary N) is 2. The summed E-state index contributed by atoms with van der Waals surface area (Å²) in [4.78, 5) is 12.3. The predicted octanol–water partition coefficient (Wildman–Crippen LogP) is 2.32. The van der Waals surface area contributed by atoms with Crippen molar-refractivity contribution >= 4 is 15.9 Å². The van der Waals surface area contributed by atoms with Crippen molar-refractivity contribution in [1.29, 1.82) is 0 Å². The monoisotopic (exact) mass is 444 g/mol. The molecule has 0 aliphatic carbocycles. The van der Waals surface area contributed by atoms with E-state index in [2.05, 4.69) is 16.1 Å². The highest BCUT2D eigenvalue weighted by Gasteiger charge is 2.38. The van der Waals surface area contributed by atoms with Gasteiger partial charge in [-0.3, -0.25) is 4.79 Å². The molecule has 2 aromatic rings. The minimum Gasteiger partial charge on any atom is -0.496 e. The van der Waals surface area contributed by atoms with Gasteiger partial charge in [0.25, 0.3) is 5.91 Å². The van der Waals surface area contributed by atoms with Crippen LogP contribution in [-0.2, 0) is 26.6 Å². The molecule has 2 heterocycles. The number of ether oxygens (including phenoxy) is 2. The van der Waals surface area contributed by atoms with E-state index < -0.39 is 15.4 Å². The second-order valence-corrected chi connectivity index (χ2v) is 10.0. The lowest BCUT2D eigenvalue weighted by Crippen LogP contribution is -2.45. The first-order valence-electron chi connectivity index (χ1n) is 10.5. The zero-order valence-corrected chi connectivity index (χ0v) is 18.7. The number of amides is 1. The Bertz CT molecular complexity index is 1090. The molecule has 1 amide bonds. The maximum absolute atomic E-state index is 13.2. The Kier molecular flexibility index (Phi) is 6.05. The molecule has 0 bridgehead atoms. The molecular weight excluding hydrogens is 416 g/mol. The summed E-state index contributed by atoms with van der Waals surface area (Å²) in [6.45, 7) is 3.91. The summed E-state index contributed by atoms with van der Waals surface area (Å²) in [6.07, 6.45) is 2.06. The van der Waals surface area contributed by atoms with Crippen LogP contribution in [0.15, 0.2) is 41.3 Å². The van der Waals surface area contributed by atoms with Gasteiger partial charge < -0.3 is 14.8 Å². The van der Waals surface area contributed by atoms with Gasteiger partial charge in [-0.1, -0.05) is 23.8 Å². The van der Waals surface area contributed by atoms with Crippen molar-refractivity contribution in [3.8, 4) is 5.75 Å². The van der Waals surface area contributed by atoms with Crippen molar-refractivity contribution in [1.82, 2.24) is 10.0 Å². The van der Waals surface area contributed by atoms with Crippen LogP contribution < -0.4 is 14.8 Å². The molecule has 0 radical (unpaired) electrons. The number of aryl methyl sites for hydroxylation is 1. The van der Waals surface area contributed by atoms with Crippen LogP contribution in [0.25, 0.3) is 0 Å². The Balaban J connectivity index is 1.64. The molecule has 0 atom stereocenters. The zero-order chi connectivity index (χ0) is 22.1. The van der Waals surface area contributed by atoms with Crippen molar-refractivity contribution < 1.29 is 22.7 Å². The van der Waals surface area contributed by atoms with E-state index in [1.165, 1.54) is 6.07 Å². The van der Waals surface area contributed by atoms with Gasteiger partial charge in [-0.15, -0.1) is 0 Å². The smallest absolute Gasteiger partial charge is 0.251 e. The minimum atomic E-state index is -3.80. The average Bonchev–Trinajstić information content (AvgIpc) is 2.78. The number of carbonyl (C=O) groups excluding carboxylic acids is 1. The van der Waals surface area contributed by atoms with Crippen LogP contribution in [0.1, 0.15) is 39.9 Å². The number of hydrogen-bond donors (Lipinski definition) is 2. The van der Waals surface area contributed by atoms with E-state index in [4.69, 9.17) is 9.47 Å². The first kappa shape index (κ1) is 21.8. The zero-order valence-electron chi connectivity index (χ0n) is 17.9. The van der Waals surface area contributed by atoms with E-state index in [1.54, 1.807) is 19.2 Å². The number of benzene rings is 2. The second kappa shape index (κ2) is 8.61. The molecule has 166 valence electrons. The number of carbonyl (C=O) groups is 1. The SMILES string of the molecule is COc1ccc(C)cc1C1(CNS(=O)(=O)c2ccc3c(c2)C(=O)NCC3)CCOCC1. The molecule has 2 aliphatic rings. The van der Waals surface area contributed by atoms with Crippen molar-refractivity contribution in [2.75, 3.05) is 33.4 Å². The predicted molar refractivity (Wildman–Crippen MR) is 117 cm³/mol. The lowest BCUT2D eigenvalue weighted by atomic mass is 9.73. The van der Waals surface area contributed by atoms with Gasteiger partial charge in [-0.2, -0.15) is 0 Å². The molecule has 2 aliphatic heterocycles. The lowest BCUT2D eigenvalue weighted by Gasteiger charge is -2.38. The lowest BCUT2D eigenvalue weighted by molar-refractivity contribution is 0.0508. The third-order valence-corrected chi connectivity index (χ3v) is 7.69. The molecule has 31 heavy (non-hydrogen) atoms. The molecule has 1 saturated heterocycles. The standard InChI is InChI=1S/C23H28N2O5S/c1-16-3-6-21(29-2)20(13-16)23(8-11-30-12-9-23)15-25-31(27,28)18-5-4-17-7-10-24-22(26)19(17)14-18/h3-6,13-14,25H,7-12,15H2,1-2H3,(H,24,26). The van der Waals surface area contributed by atoms with Gasteiger partial charge in [-0.25, -0.2) is 13.1 Å². The average molecular weight is 445 g/mol. The maximum atomic E-state index is 13.2. The Labute approximate surface area is 183 Å². The summed E-state index contributed by atoms with van der Waals surface area (Å²) in [7, 11) is -2.18. The van der Waals surface area contributed by atoms with Gasteiger partial charge in [0.1, 0.15) is 5.75 Å². The summed E-state index contributed by atoms with van der Waals surface area (Å²) >= 11 is 0. The van der Waals surface area contributed by atoms with Gasteiger partial charge in [0.2, 0.25) is 10.0 Å². The van der Waals surface area contributed by atoms with Crippen molar-refractivity contribution in [2.45, 2.75) is 36.5 Å². The Hall–Kier alpha value is -2.42. The van der Waals surface area contributed by atoms with Gasteiger partial charge in [0.15, 0.2) is 0 Å². The first-order chi connectivity index (χ1) is 14.8. The summed E-state index contributed by atoms with van der Waals surface area (Å²) in [5, 5.41) is 2.76. The van der Waals surface area contributed by atoms with Crippen LogP contribution in [0.2, 0.25) is 0 Å². The highest BCUT2D eigenvalue weighted by molar-refractivity contribution is 7.89. The normalized spacial score (nSPS) is 18.2. The molecular formula is C23H28N2O5S. The van der Waals surface area contributed by atoms with Gasteiger partial charge >= 0.3 is 0 Å². The van der Waals surface area contributed by atoms with Crippen molar-refractivity contribution in [2.24, 2.45) is 0 Å². The molecule has 0 saturated carbocycles. The summed E-state index contributed by atoms with van der Waals surface area (Å²) in [5.41, 5.74) is 2.94. The topological polar surface area (TPSA) is 93.7 Å². The molecule has 8 heteroatoms. The molecule has 0 spiro atoms. The Morgan fingerprint density at radius 1 is 1.16 bits per heavy atom. The van der Waals surface area contributed by atoms with E-state index in [0.29, 0.717) is 44.6 Å². The highest BCUT2D eigenvalue weighted by atomic mass is 32.2. The third kappa shape index (κ3) is 4.33. The van der Waals surface area contributed by atoms with Crippen LogP contribution in [-0.4, -0.2) is 47.7 Å². The van der Waals surface area contributed by atoms with E-state index in [1.807, 2.05) is 19.1 Å². The largest absolute Gasteiger partial charge is 0.496 e. The van der Waals surface area contributed by atoms with Crippen molar-refractivity contribution in [3.05, 3.63) is 58.7 Å². The van der Waals surface area contributed by atoms with Crippen molar-refractivity contribution in [3.63, 3.8) is 0 Å². The minimum absolute atomic E-state index is 0.0988. The highest BCUT2D eigenvalue weighted by Crippen LogP contribution is 2.40. The number of hydrogen-bond acceptors (Lipinski definition) is 5. The Morgan fingerprint density at radius 3 is 2.68 bits per heavy atom. The van der Waals surface area contributed by atoms with Crippen LogP contribution in [0.3, 0.4) is 0 Å². The number of methoxy groups -OCH3 is 1. The van der Waals surface area contributed by atoms with E-state index >= 15 is 0 Å². The number of sulfonamides is 1. The quantitative estimate of drug-likeness (QED) is 0.713. The number of rotatable bonds is 6. The summed E-state index contributed by atoms with van der Waals surface area (Å²) in [5.74, 6) is 0.515. The third-order valence-electron chi connectivity index (χ3n) is 6.29. The van der Waals surface area contributed by atoms with Gasteiger partial charge in [0.05, 0.1) is 12.0 Å². The fraction of sp³-hybridized carbons (Fsp3) is 0.435. The van der Waals surface area contributed by atoms with Crippen LogP contribution in [0, 0.1) is 6.92 Å². The molecule has 0 aromatic heterocycles. The maximum Gasteiger partial charge on any atom is 0.251 e. The second-order valence-electron chi connectivity index (χ2n) is 8.25. The molecule has 0 unspecified atom stereocenters. The van der Waals surface area contributed by atoms with Crippen LogP contribution in [0.4, 0.5) is 0 Å². The molecule has 7 nitrogen and oxygen atoms in total.